The van der Waals surface area contributed by atoms with Gasteiger partial charge in [0, 0.05) is 29.9 Å². The van der Waals surface area contributed by atoms with Gasteiger partial charge >= 0.3 is 22.4 Å². The molecule has 0 radical (unpaired) electrons. The summed E-state index contributed by atoms with van der Waals surface area (Å²) in [6.07, 6.45) is 5.79. The molecule has 0 spiro atoms. The number of nitrogens with one attached hydrogen (secondary N) is 4. The van der Waals surface area contributed by atoms with Gasteiger partial charge in [-0.1, -0.05) is 48.7 Å². The molecular formula is C35H47ClN6O9S. The van der Waals surface area contributed by atoms with Crippen molar-refractivity contribution < 1.29 is 41.9 Å². The first-order valence-electron chi connectivity index (χ1n) is 17.9. The monoisotopic (exact) mass is 762 g/mol. The highest BCUT2D eigenvalue weighted by Gasteiger charge is 2.62. The summed E-state index contributed by atoms with van der Waals surface area (Å²) in [6.45, 7) is 5.47. The largest absolute Gasteiger partial charge is 0.444 e. The quantitative estimate of drug-likeness (QED) is 0.315. The number of allylic oxidation sites excluding steroid dienone is 1. The van der Waals surface area contributed by atoms with Crippen molar-refractivity contribution in [1.29, 1.82) is 0 Å². The molecule has 2 aliphatic carbocycles. The Morgan fingerprint density at radius 3 is 2.54 bits per heavy atom. The lowest BCUT2D eigenvalue weighted by Gasteiger charge is -2.30. The predicted molar refractivity (Wildman–Crippen MR) is 189 cm³/mol. The van der Waals surface area contributed by atoms with E-state index in [1.165, 1.54) is 9.80 Å². The summed E-state index contributed by atoms with van der Waals surface area (Å²) in [4.78, 5) is 71.2. The van der Waals surface area contributed by atoms with E-state index in [4.69, 9.17) is 21.1 Å². The molecular weight excluding hydrogens is 716 g/mol. The molecule has 3 heterocycles. The van der Waals surface area contributed by atoms with Crippen molar-refractivity contribution in [2.24, 2.45) is 5.92 Å². The highest BCUT2D eigenvalue weighted by molar-refractivity contribution is 7.88. The average Bonchev–Trinajstić information content (AvgIpc) is 3.88. The highest BCUT2D eigenvalue weighted by Crippen LogP contribution is 2.46. The van der Waals surface area contributed by atoms with Gasteiger partial charge in [-0.15, -0.1) is 0 Å². The summed E-state index contributed by atoms with van der Waals surface area (Å²) in [6, 6.07) is 2.92. The number of amides is 5. The van der Waals surface area contributed by atoms with Gasteiger partial charge < -0.3 is 25.0 Å². The van der Waals surface area contributed by atoms with E-state index in [0.717, 1.165) is 24.0 Å². The molecule has 0 unspecified atom stereocenters. The Hall–Kier alpha value is -3.89. The number of benzene rings is 1. The van der Waals surface area contributed by atoms with Gasteiger partial charge in [0.1, 0.15) is 29.3 Å². The van der Waals surface area contributed by atoms with E-state index in [1.807, 2.05) is 18.2 Å². The Morgan fingerprint density at radius 2 is 1.83 bits per heavy atom. The number of hydrogen-bond acceptors (Lipinski definition) is 9. The third-order valence-corrected chi connectivity index (χ3v) is 11.4. The molecule has 3 fully saturated rings. The third kappa shape index (κ3) is 9.00. The lowest BCUT2D eigenvalue weighted by molar-refractivity contribution is -0.141. The van der Waals surface area contributed by atoms with E-state index in [2.05, 4.69) is 20.1 Å². The SMILES string of the molecule is CC(C)(C)OC(=O)N[C@H]1CCCCC/C=C\[C@@H]2C[C@@]2(C(=O)NS(=O)(=O)NC2CC2)NC(=O)[C@@H]2C[C@@H](OC(=O)N3Cc4cccc(Cl)c4C3)CN2C1=O. The molecule has 284 valence electrons. The van der Waals surface area contributed by atoms with Crippen molar-refractivity contribution in [2.75, 3.05) is 6.54 Å². The Kier molecular flexibility index (Phi) is 10.8. The molecule has 17 heteroatoms. The molecule has 5 amide bonds. The van der Waals surface area contributed by atoms with Crippen LogP contribution in [-0.2, 0) is 47.2 Å². The van der Waals surface area contributed by atoms with Crippen LogP contribution < -0.4 is 20.1 Å². The normalized spacial score (nSPS) is 28.6. The minimum absolute atomic E-state index is 0.0935. The number of ether oxygens (including phenoxy) is 2. The highest BCUT2D eigenvalue weighted by atomic mass is 35.5. The summed E-state index contributed by atoms with van der Waals surface area (Å²) in [7, 11) is -4.18. The molecule has 1 aromatic carbocycles. The molecule has 52 heavy (non-hydrogen) atoms. The number of fused-ring (bicyclic) bond motifs is 3. The van der Waals surface area contributed by atoms with Gasteiger partial charge in [-0.2, -0.15) is 13.1 Å². The Bertz CT molecular complexity index is 1750. The zero-order valence-corrected chi connectivity index (χ0v) is 31.2. The van der Waals surface area contributed by atoms with Gasteiger partial charge in [-0.25, -0.2) is 14.3 Å². The number of alkyl carbamates (subject to hydrolysis) is 1. The van der Waals surface area contributed by atoms with Gasteiger partial charge in [0.25, 0.3) is 5.91 Å². The van der Waals surface area contributed by atoms with Crippen molar-refractivity contribution >= 4 is 51.7 Å². The second-order valence-corrected chi connectivity index (χ2v) is 17.2. The Morgan fingerprint density at radius 1 is 1.06 bits per heavy atom. The van der Waals surface area contributed by atoms with E-state index in [-0.39, 0.29) is 44.9 Å². The molecule has 4 N–H and O–H groups in total. The molecule has 15 nitrogen and oxygen atoms in total. The van der Waals surface area contributed by atoms with Crippen molar-refractivity contribution in [1.82, 2.24) is 29.9 Å². The van der Waals surface area contributed by atoms with Crippen LogP contribution in [0.5, 0.6) is 0 Å². The molecule has 3 aliphatic heterocycles. The molecule has 1 aromatic rings. The molecule has 2 saturated carbocycles. The molecule has 1 saturated heterocycles. The van der Waals surface area contributed by atoms with Crippen LogP contribution in [0, 0.1) is 5.92 Å². The smallest absolute Gasteiger partial charge is 0.410 e. The molecule has 6 rings (SSSR count). The van der Waals surface area contributed by atoms with Crippen molar-refractivity contribution in [3.63, 3.8) is 0 Å². The number of halogens is 1. The van der Waals surface area contributed by atoms with E-state index < -0.39 is 75.4 Å². The van der Waals surface area contributed by atoms with Crippen LogP contribution in [0.4, 0.5) is 9.59 Å². The number of carbonyl (C=O) groups is 5. The van der Waals surface area contributed by atoms with Crippen LogP contribution in [0.3, 0.4) is 0 Å². The minimum atomic E-state index is -4.18. The second kappa shape index (κ2) is 14.9. The zero-order valence-electron chi connectivity index (χ0n) is 29.6. The van der Waals surface area contributed by atoms with Gasteiger partial charge in [0.2, 0.25) is 11.8 Å². The van der Waals surface area contributed by atoms with Gasteiger partial charge in [0.05, 0.1) is 13.1 Å². The van der Waals surface area contributed by atoms with Crippen LogP contribution in [0.2, 0.25) is 5.02 Å². The van der Waals surface area contributed by atoms with Crippen molar-refractivity contribution in [3.8, 4) is 0 Å². The molecule has 5 atom stereocenters. The summed E-state index contributed by atoms with van der Waals surface area (Å²) in [5, 5.41) is 6.01. The standard InChI is InChI=1S/C35H47ClN6O9S/c1-34(2,3)51-32(46)37-27-13-8-6-4-5-7-11-22-17-35(22,31(45)40-52(48,49)39-23-14-15-23)38-29(43)28-16-24(19-42(28)30(27)44)50-33(47)41-18-21-10-9-12-26(36)25(21)20-41/h7,9-12,22-24,27-28,39H,4-6,8,13-20H2,1-3H3,(H,37,46)(H,38,43)(H,40,45)/b11-7-/t22-,24-,27+,28+,35-/m1/s1. The van der Waals surface area contributed by atoms with Gasteiger partial charge in [-0.3, -0.25) is 19.3 Å². The first-order chi connectivity index (χ1) is 24.5. The molecule has 5 aliphatic rings. The maximum atomic E-state index is 14.3. The fourth-order valence-corrected chi connectivity index (χ4v) is 8.42. The Balaban J connectivity index is 1.24. The van der Waals surface area contributed by atoms with Crippen LogP contribution in [0.25, 0.3) is 0 Å². The van der Waals surface area contributed by atoms with Gasteiger partial charge in [-0.05, 0) is 76.5 Å². The summed E-state index contributed by atoms with van der Waals surface area (Å²) >= 11 is 6.35. The van der Waals surface area contributed by atoms with Crippen molar-refractivity contribution in [3.05, 3.63) is 46.5 Å². The number of hydrogen-bond donors (Lipinski definition) is 4. The maximum absolute atomic E-state index is 14.3. The van der Waals surface area contributed by atoms with E-state index >= 15 is 0 Å². The van der Waals surface area contributed by atoms with Crippen LogP contribution >= 0.6 is 11.6 Å². The lowest BCUT2D eigenvalue weighted by Crippen LogP contribution is -2.59. The minimum Gasteiger partial charge on any atom is -0.444 e. The molecule has 0 bridgehead atoms. The number of nitrogens with zero attached hydrogens (tertiary/aromatic N) is 2. The predicted octanol–water partition coefficient (Wildman–Crippen LogP) is 3.16. The average molecular weight is 763 g/mol. The third-order valence-electron chi connectivity index (χ3n) is 9.91. The zero-order chi connectivity index (χ0) is 37.4. The maximum Gasteiger partial charge on any atom is 0.410 e. The number of rotatable bonds is 6. The fraction of sp³-hybridized carbons (Fsp3) is 0.629. The van der Waals surface area contributed by atoms with E-state index in [0.29, 0.717) is 30.7 Å². The van der Waals surface area contributed by atoms with Crippen LogP contribution in [0.15, 0.2) is 30.4 Å². The van der Waals surface area contributed by atoms with E-state index in [9.17, 15) is 32.4 Å². The first-order valence-corrected chi connectivity index (χ1v) is 19.7. The van der Waals surface area contributed by atoms with Crippen LogP contribution in [-0.4, -0.2) is 90.0 Å². The van der Waals surface area contributed by atoms with E-state index in [1.54, 1.807) is 32.9 Å². The fourth-order valence-electron chi connectivity index (χ4n) is 7.01. The lowest BCUT2D eigenvalue weighted by atomic mass is 10.0. The summed E-state index contributed by atoms with van der Waals surface area (Å²) in [5.74, 6) is -2.65. The van der Waals surface area contributed by atoms with Gasteiger partial charge in [0.15, 0.2) is 0 Å². The summed E-state index contributed by atoms with van der Waals surface area (Å²) in [5.41, 5.74) is -0.702. The summed E-state index contributed by atoms with van der Waals surface area (Å²) < 4.78 is 41.3. The Labute approximate surface area is 308 Å². The van der Waals surface area contributed by atoms with Crippen molar-refractivity contribution in [2.45, 2.75) is 127 Å². The molecule has 0 aromatic heterocycles. The van der Waals surface area contributed by atoms with Crippen LogP contribution in [0.1, 0.15) is 89.7 Å². The first kappa shape index (κ1) is 37.9. The second-order valence-electron chi connectivity index (χ2n) is 15.3. The topological polar surface area (TPSA) is 193 Å². The number of carbonyl (C=O) groups excluding carboxylic acids is 5.